The zero-order chi connectivity index (χ0) is 15.4. The maximum atomic E-state index is 12.0. The van der Waals surface area contributed by atoms with Crippen LogP contribution in [0.1, 0.15) is 24.2 Å². The average Bonchev–Trinajstić information content (AvgIpc) is 2.50. The second kappa shape index (κ2) is 6.21. The molecule has 0 radical (unpaired) electrons. The molecule has 0 amide bonds. The van der Waals surface area contributed by atoms with Crippen LogP contribution in [0, 0.1) is 0 Å². The highest BCUT2D eigenvalue weighted by molar-refractivity contribution is 5.87. The van der Waals surface area contributed by atoms with Crippen molar-refractivity contribution >= 4 is 11.8 Å². The Morgan fingerprint density at radius 3 is 2.29 bits per heavy atom. The molecule has 0 spiro atoms. The summed E-state index contributed by atoms with van der Waals surface area (Å²) in [4.78, 5) is 24.8. The zero-order valence-electron chi connectivity index (χ0n) is 12.0. The van der Waals surface area contributed by atoms with E-state index in [2.05, 4.69) is 5.10 Å². The molecule has 0 bridgehead atoms. The SMILES string of the molecule is CCN(CC)c1ccc(=O)n(-c2ccc(C(=O)O)cc2)n1. The fourth-order valence-corrected chi connectivity index (χ4v) is 2.05. The molecule has 6 heteroatoms. The second-order valence-corrected chi connectivity index (χ2v) is 4.47. The molecule has 0 aliphatic heterocycles. The number of rotatable bonds is 5. The largest absolute Gasteiger partial charge is 0.478 e. The van der Waals surface area contributed by atoms with Crippen molar-refractivity contribution in [2.45, 2.75) is 13.8 Å². The third kappa shape index (κ3) is 3.10. The number of benzene rings is 1. The van der Waals surface area contributed by atoms with Crippen LogP contribution in [-0.2, 0) is 0 Å². The van der Waals surface area contributed by atoms with Gasteiger partial charge in [-0.1, -0.05) is 0 Å². The molecule has 0 atom stereocenters. The summed E-state index contributed by atoms with van der Waals surface area (Å²) in [6.45, 7) is 5.61. The van der Waals surface area contributed by atoms with E-state index < -0.39 is 5.97 Å². The van der Waals surface area contributed by atoms with Crippen LogP contribution >= 0.6 is 0 Å². The molecule has 2 rings (SSSR count). The Labute approximate surface area is 122 Å². The fourth-order valence-electron chi connectivity index (χ4n) is 2.05. The molecule has 0 unspecified atom stereocenters. The lowest BCUT2D eigenvalue weighted by Crippen LogP contribution is -2.28. The Kier molecular flexibility index (Phi) is 4.37. The van der Waals surface area contributed by atoms with E-state index in [0.717, 1.165) is 13.1 Å². The van der Waals surface area contributed by atoms with Crippen LogP contribution in [0.4, 0.5) is 5.82 Å². The van der Waals surface area contributed by atoms with Gasteiger partial charge in [-0.3, -0.25) is 4.79 Å². The summed E-state index contributed by atoms with van der Waals surface area (Å²) < 4.78 is 1.28. The summed E-state index contributed by atoms with van der Waals surface area (Å²) >= 11 is 0. The van der Waals surface area contributed by atoms with Gasteiger partial charge in [0.2, 0.25) is 0 Å². The highest BCUT2D eigenvalue weighted by Gasteiger charge is 2.08. The summed E-state index contributed by atoms with van der Waals surface area (Å²) in [5.74, 6) is -0.291. The monoisotopic (exact) mass is 287 g/mol. The molecule has 1 heterocycles. The lowest BCUT2D eigenvalue weighted by Gasteiger charge is -2.20. The van der Waals surface area contributed by atoms with Gasteiger partial charge in [0.25, 0.3) is 5.56 Å². The Balaban J connectivity index is 2.45. The highest BCUT2D eigenvalue weighted by Crippen LogP contribution is 2.11. The van der Waals surface area contributed by atoms with Crippen molar-refractivity contribution in [2.75, 3.05) is 18.0 Å². The van der Waals surface area contributed by atoms with Gasteiger partial charge in [0.1, 0.15) is 5.82 Å². The van der Waals surface area contributed by atoms with Crippen LogP contribution in [0.5, 0.6) is 0 Å². The molecule has 2 aromatic rings. The van der Waals surface area contributed by atoms with Crippen molar-refractivity contribution in [1.29, 1.82) is 0 Å². The van der Waals surface area contributed by atoms with Gasteiger partial charge in [0.05, 0.1) is 11.3 Å². The Morgan fingerprint density at radius 2 is 1.76 bits per heavy atom. The first-order valence-corrected chi connectivity index (χ1v) is 6.76. The van der Waals surface area contributed by atoms with Crippen molar-refractivity contribution < 1.29 is 9.90 Å². The van der Waals surface area contributed by atoms with Gasteiger partial charge in [-0.05, 0) is 44.2 Å². The molecule has 1 aromatic heterocycles. The van der Waals surface area contributed by atoms with Crippen LogP contribution in [0.3, 0.4) is 0 Å². The number of carboxylic acids is 1. The zero-order valence-corrected chi connectivity index (χ0v) is 12.0. The van der Waals surface area contributed by atoms with E-state index in [1.54, 1.807) is 18.2 Å². The molecule has 0 aliphatic carbocycles. The molecule has 1 aromatic carbocycles. The minimum Gasteiger partial charge on any atom is -0.478 e. The normalized spacial score (nSPS) is 10.4. The smallest absolute Gasteiger partial charge is 0.335 e. The minimum absolute atomic E-state index is 0.173. The lowest BCUT2D eigenvalue weighted by atomic mass is 10.2. The summed E-state index contributed by atoms with van der Waals surface area (Å²) in [6.07, 6.45) is 0. The van der Waals surface area contributed by atoms with Gasteiger partial charge < -0.3 is 10.0 Å². The van der Waals surface area contributed by atoms with Crippen molar-refractivity contribution in [1.82, 2.24) is 9.78 Å². The van der Waals surface area contributed by atoms with Crippen molar-refractivity contribution in [3.8, 4) is 5.69 Å². The van der Waals surface area contributed by atoms with E-state index in [4.69, 9.17) is 5.11 Å². The number of carbonyl (C=O) groups is 1. The summed E-state index contributed by atoms with van der Waals surface area (Å²) in [7, 11) is 0. The standard InChI is InChI=1S/C15H17N3O3/c1-3-17(4-2)13-9-10-14(19)18(16-13)12-7-5-11(6-8-12)15(20)21/h5-10H,3-4H2,1-2H3,(H,20,21). The topological polar surface area (TPSA) is 75.4 Å². The second-order valence-electron chi connectivity index (χ2n) is 4.47. The van der Waals surface area contributed by atoms with E-state index >= 15 is 0 Å². The highest BCUT2D eigenvalue weighted by atomic mass is 16.4. The first-order valence-electron chi connectivity index (χ1n) is 6.76. The number of anilines is 1. The summed E-state index contributed by atoms with van der Waals surface area (Å²) in [5.41, 5.74) is 0.458. The maximum Gasteiger partial charge on any atom is 0.335 e. The third-order valence-electron chi connectivity index (χ3n) is 3.23. The Hall–Kier alpha value is -2.63. The first-order chi connectivity index (χ1) is 10.1. The van der Waals surface area contributed by atoms with Crippen molar-refractivity contribution in [2.24, 2.45) is 0 Å². The number of hydrogen-bond acceptors (Lipinski definition) is 4. The molecule has 6 nitrogen and oxygen atoms in total. The predicted molar refractivity (Wildman–Crippen MR) is 80.4 cm³/mol. The number of hydrogen-bond donors (Lipinski definition) is 1. The average molecular weight is 287 g/mol. The number of nitrogens with zero attached hydrogens (tertiary/aromatic N) is 3. The summed E-state index contributed by atoms with van der Waals surface area (Å²) in [6, 6.07) is 9.21. The molecule has 110 valence electrons. The number of aromatic carboxylic acids is 1. The number of aromatic nitrogens is 2. The maximum absolute atomic E-state index is 12.0. The van der Waals surface area contributed by atoms with Crippen molar-refractivity contribution in [3.05, 3.63) is 52.3 Å². The van der Waals surface area contributed by atoms with Gasteiger partial charge in [0.15, 0.2) is 0 Å². The van der Waals surface area contributed by atoms with E-state index in [9.17, 15) is 9.59 Å². The van der Waals surface area contributed by atoms with Gasteiger partial charge in [-0.15, -0.1) is 5.10 Å². The summed E-state index contributed by atoms with van der Waals surface area (Å²) in [5, 5.41) is 13.2. The van der Waals surface area contributed by atoms with Gasteiger partial charge in [0, 0.05) is 19.2 Å². The first kappa shape index (κ1) is 14.8. The molecular formula is C15H17N3O3. The van der Waals surface area contributed by atoms with E-state index in [-0.39, 0.29) is 11.1 Å². The van der Waals surface area contributed by atoms with Gasteiger partial charge in [-0.2, -0.15) is 4.68 Å². The Bertz CT molecular complexity index is 688. The predicted octanol–water partition coefficient (Wildman–Crippen LogP) is 1.78. The van der Waals surface area contributed by atoms with Crippen LogP contribution in [0.15, 0.2) is 41.2 Å². The van der Waals surface area contributed by atoms with Crippen LogP contribution in [0.2, 0.25) is 0 Å². The molecular weight excluding hydrogens is 270 g/mol. The molecule has 0 saturated heterocycles. The van der Waals surface area contributed by atoms with Crippen LogP contribution in [0.25, 0.3) is 5.69 Å². The van der Waals surface area contributed by atoms with E-state index in [1.807, 2.05) is 18.7 Å². The fraction of sp³-hybridized carbons (Fsp3) is 0.267. The Morgan fingerprint density at radius 1 is 1.14 bits per heavy atom. The van der Waals surface area contributed by atoms with Crippen molar-refractivity contribution in [3.63, 3.8) is 0 Å². The molecule has 1 N–H and O–H groups in total. The van der Waals surface area contributed by atoms with Gasteiger partial charge in [-0.25, -0.2) is 4.79 Å². The lowest BCUT2D eigenvalue weighted by molar-refractivity contribution is 0.0697. The molecule has 0 aliphatic rings. The van der Waals surface area contributed by atoms with Crippen LogP contribution in [-0.4, -0.2) is 33.9 Å². The molecule has 0 saturated carbocycles. The molecule has 0 fully saturated rings. The number of carboxylic acid groups (broad SMARTS) is 1. The van der Waals surface area contributed by atoms with E-state index in [1.165, 1.54) is 22.9 Å². The van der Waals surface area contributed by atoms with Crippen LogP contribution < -0.4 is 10.5 Å². The minimum atomic E-state index is -1.00. The quantitative estimate of drug-likeness (QED) is 0.907. The van der Waals surface area contributed by atoms with E-state index in [0.29, 0.717) is 11.5 Å². The van der Waals surface area contributed by atoms with Gasteiger partial charge >= 0.3 is 5.97 Å². The third-order valence-corrected chi connectivity index (χ3v) is 3.23. The molecule has 21 heavy (non-hydrogen) atoms.